The van der Waals surface area contributed by atoms with Gasteiger partial charge in [-0.05, 0) is 49.3 Å². The van der Waals surface area contributed by atoms with Crippen LogP contribution in [0.25, 0.3) is 0 Å². The van der Waals surface area contributed by atoms with Crippen LogP contribution >= 0.6 is 0 Å². The third-order valence-electron chi connectivity index (χ3n) is 4.66. The van der Waals surface area contributed by atoms with Gasteiger partial charge in [-0.1, -0.05) is 32.4 Å². The summed E-state index contributed by atoms with van der Waals surface area (Å²) in [6.07, 6.45) is -0.624. The highest BCUT2D eigenvalue weighted by atomic mass is 19.4. The summed E-state index contributed by atoms with van der Waals surface area (Å²) in [7, 11) is 0. The van der Waals surface area contributed by atoms with Gasteiger partial charge in [0.25, 0.3) is 0 Å². The number of alkyl halides is 3. The van der Waals surface area contributed by atoms with Gasteiger partial charge >= 0.3 is 6.18 Å². The third-order valence-corrected chi connectivity index (χ3v) is 4.66. The topological polar surface area (TPSA) is 12.0 Å². The molecule has 4 heteroatoms. The normalized spacial score (nSPS) is 28.4. The molecule has 1 aromatic carbocycles. The minimum absolute atomic E-state index is 0.0741. The molecule has 1 N–H and O–H groups in total. The lowest BCUT2D eigenvalue weighted by Crippen LogP contribution is -2.40. The lowest BCUT2D eigenvalue weighted by molar-refractivity contribution is -0.137. The molecule has 21 heavy (non-hydrogen) atoms. The maximum Gasteiger partial charge on any atom is 0.416 e. The molecule has 0 heterocycles. The van der Waals surface area contributed by atoms with Crippen LogP contribution in [0.4, 0.5) is 13.2 Å². The Bertz CT molecular complexity index is 452. The molecule has 0 bridgehead atoms. The zero-order chi connectivity index (χ0) is 15.6. The van der Waals surface area contributed by atoms with Crippen LogP contribution in [0.15, 0.2) is 24.3 Å². The molecule has 1 saturated carbocycles. The summed E-state index contributed by atoms with van der Waals surface area (Å²) in [5, 5.41) is 3.59. The summed E-state index contributed by atoms with van der Waals surface area (Å²) >= 11 is 0. The Morgan fingerprint density at radius 1 is 1.10 bits per heavy atom. The summed E-state index contributed by atoms with van der Waals surface area (Å²) in [6.45, 7) is 6.54. The summed E-state index contributed by atoms with van der Waals surface area (Å²) < 4.78 is 37.7. The van der Waals surface area contributed by atoms with Gasteiger partial charge in [0.1, 0.15) is 0 Å². The van der Waals surface area contributed by atoms with Crippen molar-refractivity contribution in [3.05, 3.63) is 35.4 Å². The van der Waals surface area contributed by atoms with E-state index in [-0.39, 0.29) is 6.04 Å². The average molecular weight is 299 g/mol. The van der Waals surface area contributed by atoms with Crippen molar-refractivity contribution in [2.45, 2.75) is 58.3 Å². The van der Waals surface area contributed by atoms with Crippen LogP contribution in [0.5, 0.6) is 0 Å². The second-order valence-corrected chi connectivity index (χ2v) is 6.51. The van der Waals surface area contributed by atoms with Crippen LogP contribution in [0.2, 0.25) is 0 Å². The fourth-order valence-electron chi connectivity index (χ4n) is 3.14. The van der Waals surface area contributed by atoms with E-state index in [1.54, 1.807) is 12.1 Å². The van der Waals surface area contributed by atoms with Crippen molar-refractivity contribution in [2.24, 2.45) is 11.8 Å². The van der Waals surface area contributed by atoms with Crippen molar-refractivity contribution in [3.8, 4) is 0 Å². The van der Waals surface area contributed by atoms with E-state index in [0.717, 1.165) is 17.9 Å². The smallest absolute Gasteiger partial charge is 0.307 e. The van der Waals surface area contributed by atoms with Gasteiger partial charge in [-0.3, -0.25) is 0 Å². The monoisotopic (exact) mass is 299 g/mol. The number of hydrogen-bond acceptors (Lipinski definition) is 1. The zero-order valence-corrected chi connectivity index (χ0v) is 12.9. The van der Waals surface area contributed by atoms with Crippen molar-refractivity contribution < 1.29 is 13.2 Å². The quantitative estimate of drug-likeness (QED) is 0.811. The van der Waals surface area contributed by atoms with Crippen LogP contribution < -0.4 is 5.32 Å². The van der Waals surface area contributed by atoms with Gasteiger partial charge in [0.2, 0.25) is 0 Å². The van der Waals surface area contributed by atoms with E-state index in [1.165, 1.54) is 25.0 Å². The number of benzene rings is 1. The summed E-state index contributed by atoms with van der Waals surface area (Å²) in [5.74, 6) is 1.34. The van der Waals surface area contributed by atoms with Gasteiger partial charge in [0.05, 0.1) is 5.56 Å². The fourth-order valence-corrected chi connectivity index (χ4v) is 3.14. The van der Waals surface area contributed by atoms with Crippen molar-refractivity contribution in [2.75, 3.05) is 0 Å². The summed E-state index contributed by atoms with van der Waals surface area (Å²) in [6, 6.07) is 6.02. The Labute approximate surface area is 124 Å². The SMILES string of the molecule is CC1CCC(C)C(NC(C)c2ccc(C(F)(F)F)cc2)C1. The molecular formula is C17H24F3N. The number of hydrogen-bond donors (Lipinski definition) is 1. The lowest BCUT2D eigenvalue weighted by Gasteiger charge is -2.35. The van der Waals surface area contributed by atoms with Crippen LogP contribution in [0, 0.1) is 11.8 Å². The van der Waals surface area contributed by atoms with Crippen LogP contribution in [0.1, 0.15) is 57.2 Å². The van der Waals surface area contributed by atoms with Gasteiger partial charge in [0.15, 0.2) is 0 Å². The summed E-state index contributed by atoms with van der Waals surface area (Å²) in [5.41, 5.74) is 0.325. The van der Waals surface area contributed by atoms with Gasteiger partial charge in [-0.2, -0.15) is 13.2 Å². The van der Waals surface area contributed by atoms with E-state index in [4.69, 9.17) is 0 Å². The molecule has 0 radical (unpaired) electrons. The first-order valence-electron chi connectivity index (χ1n) is 7.70. The zero-order valence-electron chi connectivity index (χ0n) is 12.9. The lowest BCUT2D eigenvalue weighted by atomic mass is 9.79. The molecule has 1 nitrogen and oxygen atoms in total. The number of nitrogens with one attached hydrogen (secondary N) is 1. The number of rotatable bonds is 3. The van der Waals surface area contributed by atoms with Crippen molar-refractivity contribution in [3.63, 3.8) is 0 Å². The van der Waals surface area contributed by atoms with E-state index < -0.39 is 11.7 Å². The highest BCUT2D eigenvalue weighted by molar-refractivity contribution is 5.26. The van der Waals surface area contributed by atoms with Crippen LogP contribution in [0.3, 0.4) is 0 Å². The van der Waals surface area contributed by atoms with Gasteiger partial charge < -0.3 is 5.32 Å². The third kappa shape index (κ3) is 4.22. The van der Waals surface area contributed by atoms with Crippen LogP contribution in [-0.2, 0) is 6.18 Å². The van der Waals surface area contributed by atoms with Gasteiger partial charge in [-0.15, -0.1) is 0 Å². The molecule has 0 amide bonds. The Morgan fingerprint density at radius 2 is 1.71 bits per heavy atom. The first-order valence-corrected chi connectivity index (χ1v) is 7.70. The van der Waals surface area contributed by atoms with E-state index >= 15 is 0 Å². The van der Waals surface area contributed by atoms with E-state index in [0.29, 0.717) is 12.0 Å². The molecular weight excluding hydrogens is 275 g/mol. The average Bonchev–Trinajstić information content (AvgIpc) is 2.42. The summed E-state index contributed by atoms with van der Waals surface area (Å²) in [4.78, 5) is 0. The Kier molecular flexibility index (Phi) is 4.97. The second kappa shape index (κ2) is 6.39. The highest BCUT2D eigenvalue weighted by Crippen LogP contribution is 2.32. The highest BCUT2D eigenvalue weighted by Gasteiger charge is 2.30. The Hall–Kier alpha value is -1.03. The molecule has 1 fully saturated rings. The molecule has 0 spiro atoms. The molecule has 0 aromatic heterocycles. The molecule has 0 aliphatic heterocycles. The number of halogens is 3. The maximum absolute atomic E-state index is 12.6. The minimum Gasteiger partial charge on any atom is -0.307 e. The Morgan fingerprint density at radius 3 is 2.29 bits per heavy atom. The largest absolute Gasteiger partial charge is 0.416 e. The standard InChI is InChI=1S/C17H24F3N/c1-11-4-5-12(2)16(10-11)21-13(3)14-6-8-15(9-7-14)17(18,19)20/h6-9,11-13,16,21H,4-5,10H2,1-3H3. The molecule has 2 rings (SSSR count). The predicted octanol–water partition coefficient (Wildman–Crippen LogP) is 5.18. The molecule has 1 aliphatic rings. The molecule has 0 saturated heterocycles. The molecule has 4 atom stereocenters. The molecule has 118 valence electrons. The molecule has 1 aliphatic carbocycles. The molecule has 1 aromatic rings. The van der Waals surface area contributed by atoms with Gasteiger partial charge in [-0.25, -0.2) is 0 Å². The van der Waals surface area contributed by atoms with E-state index in [9.17, 15) is 13.2 Å². The minimum atomic E-state index is -4.26. The van der Waals surface area contributed by atoms with Crippen molar-refractivity contribution in [1.29, 1.82) is 0 Å². The second-order valence-electron chi connectivity index (χ2n) is 6.51. The first kappa shape index (κ1) is 16.3. The predicted molar refractivity (Wildman–Crippen MR) is 79.0 cm³/mol. The molecule has 4 unspecified atom stereocenters. The maximum atomic E-state index is 12.6. The Balaban J connectivity index is 2.01. The van der Waals surface area contributed by atoms with Crippen LogP contribution in [-0.4, -0.2) is 6.04 Å². The first-order chi connectivity index (χ1) is 9.77. The van der Waals surface area contributed by atoms with E-state index in [2.05, 4.69) is 19.2 Å². The van der Waals surface area contributed by atoms with Crippen molar-refractivity contribution >= 4 is 0 Å². The van der Waals surface area contributed by atoms with Gasteiger partial charge in [0, 0.05) is 12.1 Å². The van der Waals surface area contributed by atoms with E-state index in [1.807, 2.05) is 6.92 Å². The van der Waals surface area contributed by atoms with Crippen molar-refractivity contribution in [1.82, 2.24) is 5.32 Å². The fraction of sp³-hybridized carbons (Fsp3) is 0.647.